The predicted molar refractivity (Wildman–Crippen MR) is 163 cm³/mol. The highest BCUT2D eigenvalue weighted by Crippen LogP contribution is 2.32. The molecule has 0 bridgehead atoms. The van der Waals surface area contributed by atoms with Gasteiger partial charge in [0, 0.05) is 7.11 Å². The summed E-state index contributed by atoms with van der Waals surface area (Å²) >= 11 is 0. The Balaban J connectivity index is 1.41. The second-order valence-corrected chi connectivity index (χ2v) is 10.5. The zero-order valence-electron chi connectivity index (χ0n) is 24.4. The molecule has 7 nitrogen and oxygen atoms in total. The van der Waals surface area contributed by atoms with Crippen molar-refractivity contribution in [1.29, 1.82) is 0 Å². The number of aliphatic hydroxyl groups excluding tert-OH is 1. The van der Waals surface area contributed by atoms with Crippen molar-refractivity contribution >= 4 is 0 Å². The average molecular weight is 585 g/mol. The van der Waals surface area contributed by atoms with E-state index < -0.39 is 36.8 Å². The summed E-state index contributed by atoms with van der Waals surface area (Å²) in [6, 6.07) is 39.6. The molecule has 5 rings (SSSR count). The smallest absolute Gasteiger partial charge is 0.186 e. The topological polar surface area (TPSA) is 75.6 Å². The first-order valence-electron chi connectivity index (χ1n) is 14.7. The molecule has 0 aromatic heterocycles. The van der Waals surface area contributed by atoms with E-state index in [1.165, 1.54) is 0 Å². The summed E-state index contributed by atoms with van der Waals surface area (Å²) in [4.78, 5) is 0. The maximum atomic E-state index is 10.1. The number of hydrogen-bond donors (Lipinski definition) is 1. The Kier molecular flexibility index (Phi) is 11.9. The van der Waals surface area contributed by atoms with Gasteiger partial charge in [-0.2, -0.15) is 0 Å². The van der Waals surface area contributed by atoms with Crippen LogP contribution < -0.4 is 0 Å². The average Bonchev–Trinajstić information content (AvgIpc) is 3.08. The minimum Gasteiger partial charge on any atom is -0.393 e. The molecule has 4 aromatic carbocycles. The Morgan fingerprint density at radius 3 is 1.51 bits per heavy atom. The molecule has 1 aliphatic rings. The first-order valence-corrected chi connectivity index (χ1v) is 14.7. The summed E-state index contributed by atoms with van der Waals surface area (Å²) in [6.07, 6.45) is -3.52. The van der Waals surface area contributed by atoms with Crippen molar-refractivity contribution in [1.82, 2.24) is 0 Å². The first-order chi connectivity index (χ1) is 21.2. The van der Waals surface area contributed by atoms with Crippen LogP contribution in [0.25, 0.3) is 0 Å². The van der Waals surface area contributed by atoms with Crippen LogP contribution >= 0.6 is 0 Å². The van der Waals surface area contributed by atoms with E-state index in [-0.39, 0.29) is 13.2 Å². The van der Waals surface area contributed by atoms with Crippen molar-refractivity contribution in [2.75, 3.05) is 20.3 Å². The van der Waals surface area contributed by atoms with Crippen LogP contribution in [0.15, 0.2) is 121 Å². The van der Waals surface area contributed by atoms with Crippen LogP contribution in [-0.2, 0) is 48.2 Å². The van der Waals surface area contributed by atoms with Gasteiger partial charge in [0.1, 0.15) is 30.5 Å². The molecule has 1 N–H and O–H groups in total. The van der Waals surface area contributed by atoms with Crippen LogP contribution in [0.3, 0.4) is 0 Å². The summed E-state index contributed by atoms with van der Waals surface area (Å²) in [7, 11) is 1.60. The van der Waals surface area contributed by atoms with E-state index in [2.05, 4.69) is 0 Å². The molecule has 1 fully saturated rings. The second kappa shape index (κ2) is 16.4. The fourth-order valence-corrected chi connectivity index (χ4v) is 5.20. The third-order valence-corrected chi connectivity index (χ3v) is 7.48. The summed E-state index contributed by atoms with van der Waals surface area (Å²) in [5.41, 5.74) is 3.97. The highest BCUT2D eigenvalue weighted by atomic mass is 16.7. The molecule has 0 radical (unpaired) electrons. The van der Waals surface area contributed by atoms with Crippen molar-refractivity contribution in [3.8, 4) is 0 Å². The molecule has 1 aliphatic heterocycles. The lowest BCUT2D eigenvalue weighted by atomic mass is 9.97. The molecule has 0 unspecified atom stereocenters. The Labute approximate surface area is 253 Å². The molecular formula is C36H40O7. The molecule has 7 heteroatoms. The van der Waals surface area contributed by atoms with Gasteiger partial charge in [0.15, 0.2) is 6.29 Å². The van der Waals surface area contributed by atoms with E-state index in [0.29, 0.717) is 19.8 Å². The fourth-order valence-electron chi connectivity index (χ4n) is 5.20. The standard InChI is InChI=1S/C36H40O7/c1-38-36-35(42-25-29-18-10-4-11-19-29)34(41-24-28-16-8-3-9-17-28)33(40-23-27-14-6-2-7-15-27)32(43-36)26-39-31(22-37)30-20-12-5-13-21-30/h2-21,31-37H,22-26H2,1H3/t31-,32-,33-,34+,35-,36+/m1/s1. The number of ether oxygens (including phenoxy) is 6. The SMILES string of the molecule is CO[C@H]1O[C@H](CO[C@H](CO)c2ccccc2)[C@@H](OCc2ccccc2)[C@H](OCc2ccccc2)[C@H]1OCc1ccccc1. The van der Waals surface area contributed by atoms with Gasteiger partial charge in [-0.15, -0.1) is 0 Å². The first kappa shape index (κ1) is 31.0. The van der Waals surface area contributed by atoms with E-state index in [4.69, 9.17) is 28.4 Å². The molecule has 0 amide bonds. The predicted octanol–water partition coefficient (Wildman–Crippen LogP) is 5.86. The third kappa shape index (κ3) is 8.81. The normalized spacial score (nSPS) is 22.7. The van der Waals surface area contributed by atoms with Crippen LogP contribution in [0.1, 0.15) is 28.4 Å². The largest absolute Gasteiger partial charge is 0.393 e. The maximum Gasteiger partial charge on any atom is 0.186 e. The van der Waals surface area contributed by atoms with Gasteiger partial charge in [0.25, 0.3) is 0 Å². The van der Waals surface area contributed by atoms with Gasteiger partial charge in [-0.1, -0.05) is 121 Å². The zero-order chi connectivity index (χ0) is 29.7. The lowest BCUT2D eigenvalue weighted by Crippen LogP contribution is -2.61. The van der Waals surface area contributed by atoms with E-state index in [0.717, 1.165) is 22.3 Å². The number of benzene rings is 4. The van der Waals surface area contributed by atoms with Gasteiger partial charge in [-0.25, -0.2) is 0 Å². The van der Waals surface area contributed by atoms with Crippen LogP contribution in [0.2, 0.25) is 0 Å². The van der Waals surface area contributed by atoms with Gasteiger partial charge >= 0.3 is 0 Å². The molecule has 1 saturated heterocycles. The minimum absolute atomic E-state index is 0.149. The van der Waals surface area contributed by atoms with E-state index >= 15 is 0 Å². The van der Waals surface area contributed by atoms with Crippen molar-refractivity contribution in [3.63, 3.8) is 0 Å². The van der Waals surface area contributed by atoms with E-state index in [9.17, 15) is 5.11 Å². The van der Waals surface area contributed by atoms with Gasteiger partial charge in [-0.05, 0) is 22.3 Å². The molecular weight excluding hydrogens is 544 g/mol. The fraction of sp³-hybridized carbons (Fsp3) is 0.333. The van der Waals surface area contributed by atoms with Crippen LogP contribution in [0.4, 0.5) is 0 Å². The number of aliphatic hydroxyl groups is 1. The Morgan fingerprint density at radius 2 is 1.05 bits per heavy atom. The van der Waals surface area contributed by atoms with E-state index in [1.807, 2.05) is 121 Å². The molecule has 226 valence electrons. The number of rotatable bonds is 15. The van der Waals surface area contributed by atoms with Crippen LogP contribution in [-0.4, -0.2) is 56.1 Å². The summed E-state index contributed by atoms with van der Waals surface area (Å²) in [5.74, 6) is 0. The van der Waals surface area contributed by atoms with Gasteiger partial charge < -0.3 is 33.5 Å². The van der Waals surface area contributed by atoms with Crippen molar-refractivity contribution < 1.29 is 33.5 Å². The van der Waals surface area contributed by atoms with Crippen molar-refractivity contribution in [3.05, 3.63) is 144 Å². The molecule has 6 atom stereocenters. The van der Waals surface area contributed by atoms with Gasteiger partial charge in [0.2, 0.25) is 0 Å². The number of methoxy groups -OCH3 is 1. The molecule has 4 aromatic rings. The summed E-state index contributed by atoms with van der Waals surface area (Å²) < 4.78 is 38.3. The lowest BCUT2D eigenvalue weighted by molar-refractivity contribution is -0.324. The molecule has 1 heterocycles. The lowest BCUT2D eigenvalue weighted by Gasteiger charge is -2.45. The van der Waals surface area contributed by atoms with Crippen LogP contribution in [0, 0.1) is 0 Å². The van der Waals surface area contributed by atoms with Crippen molar-refractivity contribution in [2.45, 2.75) is 56.6 Å². The monoisotopic (exact) mass is 584 g/mol. The van der Waals surface area contributed by atoms with Gasteiger partial charge in [0.05, 0.1) is 33.0 Å². The molecule has 43 heavy (non-hydrogen) atoms. The third-order valence-electron chi connectivity index (χ3n) is 7.48. The van der Waals surface area contributed by atoms with Crippen molar-refractivity contribution in [2.24, 2.45) is 0 Å². The molecule has 0 saturated carbocycles. The number of hydrogen-bond acceptors (Lipinski definition) is 7. The molecule has 0 aliphatic carbocycles. The Hall–Kier alpha value is -3.40. The zero-order valence-corrected chi connectivity index (χ0v) is 24.4. The maximum absolute atomic E-state index is 10.1. The van der Waals surface area contributed by atoms with Gasteiger partial charge in [-0.3, -0.25) is 0 Å². The quantitative estimate of drug-likeness (QED) is 0.188. The van der Waals surface area contributed by atoms with E-state index in [1.54, 1.807) is 7.11 Å². The summed E-state index contributed by atoms with van der Waals surface area (Å²) in [5, 5.41) is 10.1. The van der Waals surface area contributed by atoms with Crippen LogP contribution in [0.5, 0.6) is 0 Å². The highest BCUT2D eigenvalue weighted by molar-refractivity contribution is 5.18. The minimum atomic E-state index is -0.737. The Bertz CT molecular complexity index is 1310. The second-order valence-electron chi connectivity index (χ2n) is 10.5. The Morgan fingerprint density at radius 1 is 0.605 bits per heavy atom. The molecule has 0 spiro atoms. The summed E-state index contributed by atoms with van der Waals surface area (Å²) in [6.45, 7) is 1.04. The highest BCUT2D eigenvalue weighted by Gasteiger charge is 2.49.